The Balaban J connectivity index is 1.49. The molecule has 1 N–H and O–H groups in total. The number of hydrogen-bond donors (Lipinski definition) is 1. The van der Waals surface area contributed by atoms with E-state index in [1.54, 1.807) is 0 Å². The van der Waals surface area contributed by atoms with Gasteiger partial charge in [0.2, 0.25) is 0 Å². The normalized spacial score (nSPS) is 32.3. The standard InChI is InChI=1S/C18H29NO4/c20-17(15-10-11-16(23-15)18(21)22)19-12-4-7-14(19)9-8-13-5-2-1-3-6-13/h13-16H,1-12H2,(H,21,22)/t14?,15-,16+/m0/s1. The van der Waals surface area contributed by atoms with Gasteiger partial charge in [-0.2, -0.15) is 0 Å². The molecule has 2 saturated heterocycles. The van der Waals surface area contributed by atoms with Gasteiger partial charge >= 0.3 is 5.97 Å². The van der Waals surface area contributed by atoms with Gasteiger partial charge in [-0.1, -0.05) is 32.1 Å². The summed E-state index contributed by atoms with van der Waals surface area (Å²) in [5.74, 6) is -0.0733. The number of nitrogens with zero attached hydrogens (tertiary/aromatic N) is 1. The van der Waals surface area contributed by atoms with Crippen LogP contribution in [0.25, 0.3) is 0 Å². The lowest BCUT2D eigenvalue weighted by Crippen LogP contribution is -2.42. The zero-order valence-electron chi connectivity index (χ0n) is 13.9. The Kier molecular flexibility index (Phi) is 5.57. The minimum atomic E-state index is -0.949. The Hall–Kier alpha value is -1.10. The molecule has 0 spiro atoms. The lowest BCUT2D eigenvalue weighted by atomic mass is 9.85. The molecule has 3 aliphatic rings. The topological polar surface area (TPSA) is 66.8 Å². The Morgan fingerprint density at radius 1 is 0.913 bits per heavy atom. The minimum Gasteiger partial charge on any atom is -0.479 e. The summed E-state index contributed by atoms with van der Waals surface area (Å²) < 4.78 is 5.45. The maximum atomic E-state index is 12.7. The molecular weight excluding hydrogens is 294 g/mol. The first-order valence-corrected chi connectivity index (χ1v) is 9.34. The van der Waals surface area contributed by atoms with Crippen LogP contribution in [0.4, 0.5) is 0 Å². The molecule has 0 bridgehead atoms. The Bertz CT molecular complexity index is 433. The van der Waals surface area contributed by atoms with Crippen molar-refractivity contribution in [2.75, 3.05) is 6.54 Å². The first-order chi connectivity index (χ1) is 11.1. The highest BCUT2D eigenvalue weighted by Crippen LogP contribution is 2.32. The highest BCUT2D eigenvalue weighted by molar-refractivity contribution is 5.83. The molecule has 1 amide bonds. The summed E-state index contributed by atoms with van der Waals surface area (Å²) in [6, 6.07) is 0.344. The summed E-state index contributed by atoms with van der Waals surface area (Å²) in [4.78, 5) is 25.7. The molecule has 1 unspecified atom stereocenters. The van der Waals surface area contributed by atoms with Crippen molar-refractivity contribution in [3.05, 3.63) is 0 Å². The largest absolute Gasteiger partial charge is 0.479 e. The number of rotatable bonds is 5. The van der Waals surface area contributed by atoms with Crippen molar-refractivity contribution in [2.24, 2.45) is 5.92 Å². The summed E-state index contributed by atoms with van der Waals surface area (Å²) in [5, 5.41) is 9.01. The predicted octanol–water partition coefficient (Wildman–Crippen LogP) is 2.97. The molecule has 3 atom stereocenters. The van der Waals surface area contributed by atoms with Crippen molar-refractivity contribution in [3.63, 3.8) is 0 Å². The monoisotopic (exact) mass is 323 g/mol. The number of hydrogen-bond acceptors (Lipinski definition) is 3. The maximum absolute atomic E-state index is 12.7. The quantitative estimate of drug-likeness (QED) is 0.844. The average Bonchev–Trinajstić information content (AvgIpc) is 3.22. The van der Waals surface area contributed by atoms with Crippen molar-refractivity contribution >= 4 is 11.9 Å². The average molecular weight is 323 g/mol. The number of amides is 1. The first kappa shape index (κ1) is 16.7. The van der Waals surface area contributed by atoms with Crippen LogP contribution in [0, 0.1) is 5.92 Å². The third kappa shape index (κ3) is 4.06. The van der Waals surface area contributed by atoms with Gasteiger partial charge in [0.15, 0.2) is 6.10 Å². The van der Waals surface area contributed by atoms with Crippen LogP contribution >= 0.6 is 0 Å². The van der Waals surface area contributed by atoms with E-state index in [0.29, 0.717) is 18.9 Å². The number of ether oxygens (including phenoxy) is 1. The Labute approximate surface area is 138 Å². The number of carboxylic acid groups (broad SMARTS) is 1. The number of carboxylic acids is 1. The third-order valence-corrected chi connectivity index (χ3v) is 5.86. The fourth-order valence-corrected chi connectivity index (χ4v) is 4.52. The van der Waals surface area contributed by atoms with Crippen LogP contribution in [0.1, 0.15) is 70.6 Å². The molecule has 1 aliphatic carbocycles. The Morgan fingerprint density at radius 3 is 2.35 bits per heavy atom. The van der Waals surface area contributed by atoms with Crippen molar-refractivity contribution in [2.45, 2.75) is 88.9 Å². The second kappa shape index (κ2) is 7.65. The number of aliphatic carboxylic acids is 1. The van der Waals surface area contributed by atoms with E-state index in [1.807, 2.05) is 4.90 Å². The van der Waals surface area contributed by atoms with Gasteiger partial charge < -0.3 is 14.7 Å². The molecular formula is C18H29NO4. The van der Waals surface area contributed by atoms with Crippen LogP contribution in [-0.4, -0.2) is 46.7 Å². The van der Waals surface area contributed by atoms with Crippen LogP contribution in [0.2, 0.25) is 0 Å². The van der Waals surface area contributed by atoms with E-state index in [0.717, 1.165) is 31.7 Å². The highest BCUT2D eigenvalue weighted by Gasteiger charge is 2.39. The molecule has 1 saturated carbocycles. The third-order valence-electron chi connectivity index (χ3n) is 5.86. The van der Waals surface area contributed by atoms with E-state index in [4.69, 9.17) is 9.84 Å². The van der Waals surface area contributed by atoms with Gasteiger partial charge in [-0.05, 0) is 44.4 Å². The highest BCUT2D eigenvalue weighted by atomic mass is 16.5. The number of carbonyl (C=O) groups excluding carboxylic acids is 1. The predicted molar refractivity (Wildman–Crippen MR) is 86.1 cm³/mol. The summed E-state index contributed by atoms with van der Waals surface area (Å²) in [6.45, 7) is 0.811. The van der Waals surface area contributed by atoms with Crippen molar-refractivity contribution < 1.29 is 19.4 Å². The van der Waals surface area contributed by atoms with E-state index in [1.165, 1.54) is 38.5 Å². The van der Waals surface area contributed by atoms with Crippen molar-refractivity contribution in [1.29, 1.82) is 0 Å². The van der Waals surface area contributed by atoms with E-state index in [2.05, 4.69) is 0 Å². The van der Waals surface area contributed by atoms with Crippen LogP contribution in [-0.2, 0) is 14.3 Å². The lowest BCUT2D eigenvalue weighted by Gasteiger charge is -2.29. The fourth-order valence-electron chi connectivity index (χ4n) is 4.52. The molecule has 23 heavy (non-hydrogen) atoms. The van der Waals surface area contributed by atoms with Crippen molar-refractivity contribution in [3.8, 4) is 0 Å². The van der Waals surface area contributed by atoms with Gasteiger partial charge in [0.05, 0.1) is 0 Å². The minimum absolute atomic E-state index is 0.0277. The second-order valence-electron chi connectivity index (χ2n) is 7.44. The molecule has 3 rings (SSSR count). The summed E-state index contributed by atoms with van der Waals surface area (Å²) >= 11 is 0. The maximum Gasteiger partial charge on any atom is 0.332 e. The van der Waals surface area contributed by atoms with Gasteiger partial charge in [0.1, 0.15) is 6.10 Å². The molecule has 2 aliphatic heterocycles. The molecule has 5 nitrogen and oxygen atoms in total. The molecule has 2 heterocycles. The van der Waals surface area contributed by atoms with E-state index in [9.17, 15) is 9.59 Å². The Morgan fingerprint density at radius 2 is 1.65 bits per heavy atom. The smallest absolute Gasteiger partial charge is 0.332 e. The molecule has 5 heteroatoms. The van der Waals surface area contributed by atoms with Crippen LogP contribution in [0.3, 0.4) is 0 Å². The zero-order valence-corrected chi connectivity index (χ0v) is 13.9. The molecule has 130 valence electrons. The summed E-state index contributed by atoms with van der Waals surface area (Å²) in [7, 11) is 0. The summed E-state index contributed by atoms with van der Waals surface area (Å²) in [6.07, 6.45) is 11.0. The zero-order chi connectivity index (χ0) is 16.2. The van der Waals surface area contributed by atoms with Crippen LogP contribution in [0.15, 0.2) is 0 Å². The van der Waals surface area contributed by atoms with Crippen LogP contribution in [0.5, 0.6) is 0 Å². The fraction of sp³-hybridized carbons (Fsp3) is 0.889. The van der Waals surface area contributed by atoms with E-state index in [-0.39, 0.29) is 5.91 Å². The lowest BCUT2D eigenvalue weighted by molar-refractivity contribution is -0.155. The van der Waals surface area contributed by atoms with Gasteiger partial charge in [-0.25, -0.2) is 4.79 Å². The van der Waals surface area contributed by atoms with Gasteiger partial charge in [0.25, 0.3) is 5.91 Å². The molecule has 3 fully saturated rings. The van der Waals surface area contributed by atoms with Gasteiger partial charge in [-0.15, -0.1) is 0 Å². The number of carbonyl (C=O) groups is 2. The van der Waals surface area contributed by atoms with Crippen molar-refractivity contribution in [1.82, 2.24) is 4.90 Å². The molecule has 0 radical (unpaired) electrons. The molecule has 0 aromatic heterocycles. The van der Waals surface area contributed by atoms with Crippen LogP contribution < -0.4 is 0 Å². The SMILES string of the molecule is O=C(O)[C@H]1CC[C@@H](C(=O)N2CCCC2CCC2CCCCC2)O1. The van der Waals surface area contributed by atoms with Gasteiger partial charge in [0, 0.05) is 12.6 Å². The first-order valence-electron chi connectivity index (χ1n) is 9.34. The number of likely N-dealkylation sites (tertiary alicyclic amines) is 1. The summed E-state index contributed by atoms with van der Waals surface area (Å²) in [5.41, 5.74) is 0. The van der Waals surface area contributed by atoms with E-state index >= 15 is 0 Å². The van der Waals surface area contributed by atoms with Gasteiger partial charge in [-0.3, -0.25) is 4.79 Å². The second-order valence-corrected chi connectivity index (χ2v) is 7.44. The molecule has 0 aromatic rings. The molecule has 0 aromatic carbocycles. The van der Waals surface area contributed by atoms with E-state index < -0.39 is 18.2 Å².